The van der Waals surface area contributed by atoms with E-state index in [-0.39, 0.29) is 12.1 Å². The number of nitrogens with zero attached hydrogens (tertiary/aromatic N) is 4. The average Bonchev–Trinajstić information content (AvgIpc) is 3.16. The van der Waals surface area contributed by atoms with Crippen LogP contribution in [-0.2, 0) is 4.74 Å². The molecule has 4 rings (SSSR count). The molecule has 1 fully saturated rings. The van der Waals surface area contributed by atoms with Gasteiger partial charge in [0.2, 0.25) is 5.95 Å². The molecule has 2 aliphatic rings. The van der Waals surface area contributed by atoms with Crippen molar-refractivity contribution in [3.05, 3.63) is 35.9 Å². The SMILES string of the molecule is c1cncc(C2CCNc3nc(C4CCCO4)nn32)c1. The molecule has 2 unspecified atom stereocenters. The molecule has 0 saturated carbocycles. The zero-order valence-electron chi connectivity index (χ0n) is 11.2. The topological polar surface area (TPSA) is 64.9 Å². The average molecular weight is 271 g/mol. The van der Waals surface area contributed by atoms with Gasteiger partial charge in [-0.05, 0) is 30.9 Å². The lowest BCUT2D eigenvalue weighted by Crippen LogP contribution is -2.24. The minimum Gasteiger partial charge on any atom is -0.370 e. The van der Waals surface area contributed by atoms with Crippen LogP contribution < -0.4 is 5.32 Å². The molecule has 0 radical (unpaired) electrons. The quantitative estimate of drug-likeness (QED) is 0.904. The number of pyridine rings is 1. The highest BCUT2D eigenvalue weighted by atomic mass is 16.5. The van der Waals surface area contributed by atoms with Gasteiger partial charge >= 0.3 is 0 Å². The first-order valence-electron chi connectivity index (χ1n) is 7.13. The fourth-order valence-corrected chi connectivity index (χ4v) is 2.92. The molecule has 1 saturated heterocycles. The lowest BCUT2D eigenvalue weighted by atomic mass is 10.1. The van der Waals surface area contributed by atoms with E-state index in [4.69, 9.17) is 4.74 Å². The summed E-state index contributed by atoms with van der Waals surface area (Å²) in [6, 6.07) is 4.28. The highest BCUT2D eigenvalue weighted by Gasteiger charge is 2.28. The number of hydrogen-bond acceptors (Lipinski definition) is 5. The molecule has 0 aromatic carbocycles. The number of ether oxygens (including phenoxy) is 1. The van der Waals surface area contributed by atoms with E-state index in [1.54, 1.807) is 6.20 Å². The molecule has 104 valence electrons. The van der Waals surface area contributed by atoms with Crippen LogP contribution in [0.25, 0.3) is 0 Å². The summed E-state index contributed by atoms with van der Waals surface area (Å²) >= 11 is 0. The van der Waals surface area contributed by atoms with E-state index in [1.807, 2.05) is 16.9 Å². The lowest BCUT2D eigenvalue weighted by molar-refractivity contribution is 0.105. The molecule has 0 spiro atoms. The maximum Gasteiger partial charge on any atom is 0.222 e. The number of aromatic nitrogens is 4. The third-order valence-electron chi connectivity index (χ3n) is 3.93. The third-order valence-corrected chi connectivity index (χ3v) is 3.93. The summed E-state index contributed by atoms with van der Waals surface area (Å²) in [6.45, 7) is 1.72. The maximum atomic E-state index is 5.68. The van der Waals surface area contributed by atoms with Gasteiger partial charge in [-0.1, -0.05) is 6.07 Å². The zero-order chi connectivity index (χ0) is 13.4. The molecule has 2 aromatic rings. The number of rotatable bonds is 2. The Hall–Kier alpha value is -1.95. The van der Waals surface area contributed by atoms with Crippen molar-refractivity contribution in [2.24, 2.45) is 0 Å². The maximum absolute atomic E-state index is 5.68. The van der Waals surface area contributed by atoms with Gasteiger partial charge in [0, 0.05) is 25.5 Å². The van der Waals surface area contributed by atoms with E-state index in [9.17, 15) is 0 Å². The molecule has 1 N–H and O–H groups in total. The minimum atomic E-state index is 0.0597. The molecular weight excluding hydrogens is 254 g/mol. The normalized spacial score (nSPS) is 25.2. The van der Waals surface area contributed by atoms with E-state index in [2.05, 4.69) is 26.4 Å². The van der Waals surface area contributed by atoms with Gasteiger partial charge in [-0.3, -0.25) is 4.98 Å². The molecule has 6 heteroatoms. The Morgan fingerprint density at radius 1 is 1.35 bits per heavy atom. The molecule has 0 bridgehead atoms. The zero-order valence-corrected chi connectivity index (χ0v) is 11.2. The van der Waals surface area contributed by atoms with E-state index < -0.39 is 0 Å². The lowest BCUT2D eigenvalue weighted by Gasteiger charge is -2.24. The van der Waals surface area contributed by atoms with Gasteiger partial charge in [0.25, 0.3) is 0 Å². The van der Waals surface area contributed by atoms with Crippen LogP contribution in [0, 0.1) is 0 Å². The molecule has 0 amide bonds. The predicted molar refractivity (Wildman–Crippen MR) is 73.4 cm³/mol. The Balaban J connectivity index is 1.70. The van der Waals surface area contributed by atoms with Crippen LogP contribution in [0.15, 0.2) is 24.5 Å². The first-order chi connectivity index (χ1) is 9.92. The van der Waals surface area contributed by atoms with Gasteiger partial charge in [0.05, 0.1) is 6.04 Å². The molecule has 0 aliphatic carbocycles. The molecule has 2 aliphatic heterocycles. The first-order valence-corrected chi connectivity index (χ1v) is 7.13. The summed E-state index contributed by atoms with van der Waals surface area (Å²) in [5, 5.41) is 8.00. The summed E-state index contributed by atoms with van der Waals surface area (Å²) in [4.78, 5) is 8.81. The standard InChI is InChI=1S/C14H17N5O/c1-3-10(9-15-6-1)11-5-7-16-14-17-13(18-19(11)14)12-4-2-8-20-12/h1,3,6,9,11-12H,2,4-5,7-8H2,(H,16,17,18). The third kappa shape index (κ3) is 1.96. The molecule has 4 heterocycles. The molecule has 20 heavy (non-hydrogen) atoms. The van der Waals surface area contributed by atoms with Gasteiger partial charge in [-0.2, -0.15) is 10.1 Å². The van der Waals surface area contributed by atoms with Gasteiger partial charge in [-0.15, -0.1) is 0 Å². The highest BCUT2D eigenvalue weighted by molar-refractivity contribution is 5.32. The first kappa shape index (κ1) is 11.8. The minimum absolute atomic E-state index is 0.0597. The number of nitrogens with one attached hydrogen (secondary N) is 1. The Kier molecular flexibility index (Phi) is 2.88. The van der Waals surface area contributed by atoms with Crippen LogP contribution in [0.5, 0.6) is 0 Å². The highest BCUT2D eigenvalue weighted by Crippen LogP contribution is 2.32. The van der Waals surface area contributed by atoms with Crippen molar-refractivity contribution in [1.29, 1.82) is 0 Å². The van der Waals surface area contributed by atoms with Gasteiger partial charge in [0.15, 0.2) is 5.82 Å². The molecule has 2 atom stereocenters. The fraction of sp³-hybridized carbons (Fsp3) is 0.500. The fourth-order valence-electron chi connectivity index (χ4n) is 2.92. The van der Waals surface area contributed by atoms with E-state index in [0.29, 0.717) is 0 Å². The van der Waals surface area contributed by atoms with Crippen molar-refractivity contribution in [2.45, 2.75) is 31.4 Å². The number of fused-ring (bicyclic) bond motifs is 1. The van der Waals surface area contributed by atoms with Crippen molar-refractivity contribution < 1.29 is 4.74 Å². The second-order valence-electron chi connectivity index (χ2n) is 5.26. The second-order valence-corrected chi connectivity index (χ2v) is 5.26. The van der Waals surface area contributed by atoms with Crippen LogP contribution in [0.4, 0.5) is 5.95 Å². The van der Waals surface area contributed by atoms with E-state index in [1.165, 1.54) is 5.56 Å². The van der Waals surface area contributed by atoms with Gasteiger partial charge < -0.3 is 10.1 Å². The summed E-state index contributed by atoms with van der Waals surface area (Å²) in [5.41, 5.74) is 1.18. The van der Waals surface area contributed by atoms with Crippen molar-refractivity contribution >= 4 is 5.95 Å². The summed E-state index contributed by atoms with van der Waals surface area (Å²) < 4.78 is 7.66. The van der Waals surface area contributed by atoms with Crippen LogP contribution in [0.1, 0.15) is 42.8 Å². The Bertz CT molecular complexity index is 591. The summed E-state index contributed by atoms with van der Waals surface area (Å²) in [5.74, 6) is 1.65. The Morgan fingerprint density at radius 2 is 2.35 bits per heavy atom. The summed E-state index contributed by atoms with van der Waals surface area (Å²) in [7, 11) is 0. The van der Waals surface area contributed by atoms with Crippen molar-refractivity contribution in [1.82, 2.24) is 19.7 Å². The molecule has 2 aromatic heterocycles. The van der Waals surface area contributed by atoms with E-state index >= 15 is 0 Å². The number of anilines is 1. The second kappa shape index (κ2) is 4.86. The van der Waals surface area contributed by atoms with E-state index in [0.717, 1.165) is 44.2 Å². The Labute approximate surface area is 117 Å². The van der Waals surface area contributed by atoms with Crippen LogP contribution in [0.3, 0.4) is 0 Å². The molecule has 6 nitrogen and oxygen atoms in total. The van der Waals surface area contributed by atoms with Crippen LogP contribution in [-0.4, -0.2) is 32.9 Å². The van der Waals surface area contributed by atoms with Crippen LogP contribution >= 0.6 is 0 Å². The largest absolute Gasteiger partial charge is 0.370 e. The predicted octanol–water partition coefficient (Wildman–Crippen LogP) is 1.93. The number of hydrogen-bond donors (Lipinski definition) is 1. The summed E-state index contributed by atoms with van der Waals surface area (Å²) in [6.07, 6.45) is 6.87. The molecular formula is C14H17N5O. The van der Waals surface area contributed by atoms with Gasteiger partial charge in [0.1, 0.15) is 6.10 Å². The van der Waals surface area contributed by atoms with Crippen molar-refractivity contribution in [3.63, 3.8) is 0 Å². The van der Waals surface area contributed by atoms with Gasteiger partial charge in [-0.25, -0.2) is 4.68 Å². The Morgan fingerprint density at radius 3 is 3.15 bits per heavy atom. The van der Waals surface area contributed by atoms with Crippen molar-refractivity contribution in [3.8, 4) is 0 Å². The smallest absolute Gasteiger partial charge is 0.222 e. The monoisotopic (exact) mass is 271 g/mol. The van der Waals surface area contributed by atoms with Crippen LogP contribution in [0.2, 0.25) is 0 Å². The van der Waals surface area contributed by atoms with Crippen molar-refractivity contribution in [2.75, 3.05) is 18.5 Å².